The summed E-state index contributed by atoms with van der Waals surface area (Å²) in [5.74, 6) is 0. The SMILES string of the molecule is CC(C)(C)c1ccc2c(c1)[cH-]c1cc(C(C)(C)C)ccc12.CCCC[C](=[Zr+2])CCCC.[C-]1=CC=CC1. The molecule has 0 saturated carbocycles. The third kappa shape index (κ3) is 9.78. The molecule has 0 spiro atoms. The second-order valence-electron chi connectivity index (χ2n) is 12.1. The molecule has 4 rings (SSSR count). The van der Waals surface area contributed by atoms with E-state index in [2.05, 4.69) is 110 Å². The molecule has 0 aromatic heterocycles. The van der Waals surface area contributed by atoms with Crippen molar-refractivity contribution < 1.29 is 24.2 Å². The zero-order chi connectivity index (χ0) is 26.8. The fourth-order valence-electron chi connectivity index (χ4n) is 4.20. The van der Waals surface area contributed by atoms with Crippen LogP contribution in [0.4, 0.5) is 0 Å². The number of unbranched alkanes of at least 4 members (excludes halogenated alkanes) is 2. The molecule has 0 amide bonds. The van der Waals surface area contributed by atoms with E-state index in [-0.39, 0.29) is 10.8 Å². The molecular formula is C35H48Zr. The van der Waals surface area contributed by atoms with Crippen LogP contribution in [0.2, 0.25) is 0 Å². The van der Waals surface area contributed by atoms with Crippen LogP contribution in [-0.4, -0.2) is 3.21 Å². The van der Waals surface area contributed by atoms with Crippen molar-refractivity contribution >= 4 is 24.8 Å². The molecule has 0 fully saturated rings. The first-order chi connectivity index (χ1) is 17.0. The van der Waals surface area contributed by atoms with Crippen molar-refractivity contribution in [2.75, 3.05) is 0 Å². The Hall–Kier alpha value is -1.46. The molecule has 3 aromatic carbocycles. The summed E-state index contributed by atoms with van der Waals surface area (Å²) in [7, 11) is 0. The van der Waals surface area contributed by atoms with E-state index in [4.69, 9.17) is 0 Å². The third-order valence-corrected chi connectivity index (χ3v) is 7.92. The second-order valence-corrected chi connectivity index (χ2v) is 13.8. The van der Waals surface area contributed by atoms with Crippen molar-refractivity contribution in [2.45, 2.75) is 111 Å². The first kappa shape index (κ1) is 30.8. The van der Waals surface area contributed by atoms with Crippen LogP contribution in [0.1, 0.15) is 111 Å². The normalized spacial score (nSPS) is 12.9. The Balaban J connectivity index is 0.000000252. The molecule has 0 unspecified atom stereocenters. The fourth-order valence-corrected chi connectivity index (χ4v) is 5.07. The van der Waals surface area contributed by atoms with Crippen LogP contribution in [0.25, 0.3) is 21.5 Å². The van der Waals surface area contributed by atoms with Crippen molar-refractivity contribution in [3.8, 4) is 0 Å². The Morgan fingerprint density at radius 2 is 1.28 bits per heavy atom. The Morgan fingerprint density at radius 1 is 0.806 bits per heavy atom. The number of allylic oxidation sites excluding steroid dienone is 4. The second kappa shape index (κ2) is 14.5. The molecule has 36 heavy (non-hydrogen) atoms. The Morgan fingerprint density at radius 3 is 1.58 bits per heavy atom. The van der Waals surface area contributed by atoms with Gasteiger partial charge in [-0.1, -0.05) is 76.9 Å². The van der Waals surface area contributed by atoms with E-state index in [1.54, 1.807) is 27.4 Å². The largest absolute Gasteiger partial charge is 0.273 e. The minimum atomic E-state index is 0.203. The summed E-state index contributed by atoms with van der Waals surface area (Å²) in [6, 6.07) is 16.2. The van der Waals surface area contributed by atoms with E-state index in [9.17, 15) is 0 Å². The van der Waals surface area contributed by atoms with Gasteiger partial charge in [0.1, 0.15) is 0 Å². The zero-order valence-electron chi connectivity index (χ0n) is 24.2. The molecule has 192 valence electrons. The van der Waals surface area contributed by atoms with Gasteiger partial charge in [0.05, 0.1) is 0 Å². The van der Waals surface area contributed by atoms with Crippen LogP contribution in [0.15, 0.2) is 60.7 Å². The van der Waals surface area contributed by atoms with Gasteiger partial charge in [-0.25, -0.2) is 12.2 Å². The zero-order valence-corrected chi connectivity index (χ0v) is 26.7. The standard InChI is InChI=1S/C21H25.C9H18.C5H5.Zr/c1-20(2,3)16-7-9-18-14(12-16)11-15-13-17(21(4,5)6)8-10-19(15)18;1-3-5-7-9-8-6-4-2;1-2-4-5-3-1;/h7-13H,1-6H3;3-8H2,1-2H3;1-3H,4H2;/q-1;;-1;+2. The first-order valence-corrected chi connectivity index (χ1v) is 15.1. The molecular weight excluding hydrogens is 512 g/mol. The van der Waals surface area contributed by atoms with Crippen molar-refractivity contribution in [3.05, 3.63) is 77.9 Å². The van der Waals surface area contributed by atoms with E-state index in [1.807, 2.05) is 12.2 Å². The smallest absolute Gasteiger partial charge is 0.109 e. The summed E-state index contributed by atoms with van der Waals surface area (Å²) in [4.78, 5) is 0. The first-order valence-electron chi connectivity index (χ1n) is 13.9. The van der Waals surface area contributed by atoms with Crippen LogP contribution in [0.5, 0.6) is 0 Å². The quantitative estimate of drug-likeness (QED) is 0.263. The molecule has 0 atom stereocenters. The number of hydrogen-bond donors (Lipinski definition) is 0. The number of fused-ring (bicyclic) bond motifs is 3. The topological polar surface area (TPSA) is 0 Å². The predicted octanol–water partition coefficient (Wildman–Crippen LogP) is 10.7. The molecule has 1 aliphatic rings. The molecule has 1 aliphatic carbocycles. The van der Waals surface area contributed by atoms with Gasteiger partial charge in [-0.2, -0.15) is 6.08 Å². The molecule has 3 aromatic rings. The summed E-state index contributed by atoms with van der Waals surface area (Å²) in [5, 5.41) is 5.48. The Bertz CT molecular complexity index is 1070. The summed E-state index contributed by atoms with van der Waals surface area (Å²) in [6.07, 6.45) is 18.3. The molecule has 0 bridgehead atoms. The number of benzene rings is 2. The average Bonchev–Trinajstić information content (AvgIpc) is 3.51. The van der Waals surface area contributed by atoms with Crippen molar-refractivity contribution in [2.24, 2.45) is 0 Å². The Labute approximate surface area is 237 Å². The maximum Gasteiger partial charge on any atom is -0.109 e. The van der Waals surface area contributed by atoms with Gasteiger partial charge in [-0.3, -0.25) is 6.08 Å². The summed E-state index contributed by atoms with van der Waals surface area (Å²) in [5.41, 5.74) is 3.21. The van der Waals surface area contributed by atoms with Crippen molar-refractivity contribution in [3.63, 3.8) is 0 Å². The minimum absolute atomic E-state index is 0.203. The third-order valence-electron chi connectivity index (χ3n) is 6.69. The molecule has 1 heteroatoms. The molecule has 0 saturated heterocycles. The van der Waals surface area contributed by atoms with Gasteiger partial charge in [-0.05, 0) is 10.8 Å². The number of rotatable bonds is 6. The summed E-state index contributed by atoms with van der Waals surface area (Å²) >= 11 is 1.67. The Kier molecular flexibility index (Phi) is 12.4. The monoisotopic (exact) mass is 558 g/mol. The van der Waals surface area contributed by atoms with E-state index >= 15 is 0 Å². The van der Waals surface area contributed by atoms with E-state index in [1.165, 1.54) is 71.2 Å². The molecule has 0 N–H and O–H groups in total. The number of hydrogen-bond acceptors (Lipinski definition) is 0. The molecule has 0 heterocycles. The summed E-state index contributed by atoms with van der Waals surface area (Å²) < 4.78 is 1.79. The van der Waals surface area contributed by atoms with E-state index in [0.717, 1.165) is 6.42 Å². The van der Waals surface area contributed by atoms with Gasteiger partial charge in [0, 0.05) is 0 Å². The molecule has 0 aliphatic heterocycles. The maximum atomic E-state index is 2.99. The van der Waals surface area contributed by atoms with Gasteiger partial charge in [0.15, 0.2) is 0 Å². The minimum Gasteiger partial charge on any atom is -0.273 e. The van der Waals surface area contributed by atoms with Crippen LogP contribution >= 0.6 is 0 Å². The van der Waals surface area contributed by atoms with Crippen molar-refractivity contribution in [1.29, 1.82) is 0 Å². The van der Waals surface area contributed by atoms with E-state index in [0.29, 0.717) is 0 Å². The van der Waals surface area contributed by atoms with Gasteiger partial charge in [0.25, 0.3) is 0 Å². The van der Waals surface area contributed by atoms with Gasteiger partial charge >= 0.3 is 79.8 Å². The molecule has 0 radical (unpaired) electrons. The predicted molar refractivity (Wildman–Crippen MR) is 160 cm³/mol. The summed E-state index contributed by atoms with van der Waals surface area (Å²) in [6.45, 7) is 18.2. The van der Waals surface area contributed by atoms with Crippen LogP contribution in [0.3, 0.4) is 0 Å². The van der Waals surface area contributed by atoms with Crippen LogP contribution < -0.4 is 0 Å². The fraction of sp³-hybridized carbons (Fsp3) is 0.486. The van der Waals surface area contributed by atoms with Gasteiger partial charge < -0.3 is 0 Å². The van der Waals surface area contributed by atoms with E-state index < -0.39 is 0 Å². The molecule has 0 nitrogen and oxygen atoms in total. The van der Waals surface area contributed by atoms with Gasteiger partial charge in [-0.15, -0.1) is 46.2 Å². The van der Waals surface area contributed by atoms with Gasteiger partial charge in [0.2, 0.25) is 0 Å². The van der Waals surface area contributed by atoms with Crippen LogP contribution in [0, 0.1) is 6.08 Å². The average molecular weight is 560 g/mol. The van der Waals surface area contributed by atoms with Crippen molar-refractivity contribution in [1.82, 2.24) is 0 Å². The van der Waals surface area contributed by atoms with Crippen LogP contribution in [-0.2, 0) is 35.1 Å². The maximum absolute atomic E-state index is 2.99.